The van der Waals surface area contributed by atoms with Crippen molar-refractivity contribution >= 4 is 32.6 Å². The van der Waals surface area contributed by atoms with Crippen molar-refractivity contribution in [3.05, 3.63) is 146 Å². The van der Waals surface area contributed by atoms with E-state index in [0.717, 1.165) is 17.1 Å². The van der Waals surface area contributed by atoms with Gasteiger partial charge in [0, 0.05) is 16.3 Å². The van der Waals surface area contributed by atoms with E-state index in [2.05, 4.69) is 144 Å². The summed E-state index contributed by atoms with van der Waals surface area (Å²) in [6.07, 6.45) is 0. The zero-order valence-corrected chi connectivity index (χ0v) is 22.3. The lowest BCUT2D eigenvalue weighted by Gasteiger charge is -2.15. The second-order valence-electron chi connectivity index (χ2n) is 10.8. The summed E-state index contributed by atoms with van der Waals surface area (Å²) in [5, 5.41) is 5.15. The summed E-state index contributed by atoms with van der Waals surface area (Å²) in [6, 6.07) is 52.4. The molecule has 0 fully saturated rings. The van der Waals surface area contributed by atoms with Crippen LogP contribution >= 0.6 is 0 Å². The van der Waals surface area contributed by atoms with Crippen LogP contribution in [0, 0.1) is 0 Å². The predicted octanol–water partition coefficient (Wildman–Crippen LogP) is 10.3. The first-order chi connectivity index (χ1) is 20.3. The van der Waals surface area contributed by atoms with Crippen LogP contribution in [-0.4, -0.2) is 9.55 Å². The largest absolute Gasteiger partial charge is 0.294 e. The Balaban J connectivity index is 1.48. The Morgan fingerprint density at radius 2 is 1.07 bits per heavy atom. The maximum atomic E-state index is 5.25. The average Bonchev–Trinajstić information content (AvgIpc) is 3.33. The summed E-state index contributed by atoms with van der Waals surface area (Å²) >= 11 is 0. The highest BCUT2D eigenvalue weighted by molar-refractivity contribution is 6.30. The molecule has 0 amide bonds. The van der Waals surface area contributed by atoms with Crippen molar-refractivity contribution in [3.63, 3.8) is 0 Å². The molecular formula is C39H24N2. The van der Waals surface area contributed by atoms with Gasteiger partial charge in [-0.2, -0.15) is 0 Å². The SMILES string of the molecule is c1ccc(-c2cc3c4c5c6c(cccc6ccc5n(-c5cccc(-c6ccccc6)n5)c4c2)-c2ccccc2-3)cc1. The first kappa shape index (κ1) is 22.4. The van der Waals surface area contributed by atoms with Gasteiger partial charge in [0.15, 0.2) is 0 Å². The van der Waals surface area contributed by atoms with Crippen LogP contribution in [0.3, 0.4) is 0 Å². The van der Waals surface area contributed by atoms with E-state index in [9.17, 15) is 0 Å². The molecular weight excluding hydrogens is 496 g/mol. The van der Waals surface area contributed by atoms with E-state index in [1.807, 2.05) is 6.07 Å². The molecule has 2 heterocycles. The summed E-state index contributed by atoms with van der Waals surface area (Å²) in [7, 11) is 0. The highest BCUT2D eigenvalue weighted by Gasteiger charge is 2.25. The van der Waals surface area contributed by atoms with Crippen LogP contribution in [0.5, 0.6) is 0 Å². The minimum absolute atomic E-state index is 0.924. The van der Waals surface area contributed by atoms with Crippen molar-refractivity contribution in [1.82, 2.24) is 9.55 Å². The third kappa shape index (κ3) is 3.22. The standard InChI is InChI=1S/C39H24N2/c1-3-11-25(12-4-1)28-23-32-30-17-8-7-16-29(30)31-18-9-15-27-21-22-34-39(37(27)31)38(32)35(24-28)41(34)36-20-10-19-33(40-36)26-13-5-2-6-14-26/h1-24H. The number of hydrogen-bond donors (Lipinski definition) is 0. The van der Waals surface area contributed by atoms with Crippen molar-refractivity contribution in [3.8, 4) is 50.5 Å². The summed E-state index contributed by atoms with van der Waals surface area (Å²) < 4.78 is 2.37. The molecule has 0 saturated heterocycles. The van der Waals surface area contributed by atoms with Crippen LogP contribution in [0.15, 0.2) is 146 Å². The van der Waals surface area contributed by atoms with E-state index >= 15 is 0 Å². The molecule has 2 aromatic heterocycles. The maximum Gasteiger partial charge on any atom is 0.138 e. The molecule has 0 N–H and O–H groups in total. The van der Waals surface area contributed by atoms with Crippen LogP contribution in [0.1, 0.15) is 0 Å². The first-order valence-corrected chi connectivity index (χ1v) is 14.1. The third-order valence-corrected chi connectivity index (χ3v) is 8.52. The fraction of sp³-hybridized carbons (Fsp3) is 0. The molecule has 0 spiro atoms. The molecule has 2 heteroatoms. The molecule has 0 aliphatic heterocycles. The highest BCUT2D eigenvalue weighted by Crippen LogP contribution is 2.50. The van der Waals surface area contributed by atoms with Crippen molar-refractivity contribution in [1.29, 1.82) is 0 Å². The summed E-state index contributed by atoms with van der Waals surface area (Å²) in [5.74, 6) is 0.924. The minimum atomic E-state index is 0.924. The Hall–Kier alpha value is -5.47. The molecule has 1 aliphatic rings. The Morgan fingerprint density at radius 1 is 0.390 bits per heavy atom. The van der Waals surface area contributed by atoms with Gasteiger partial charge in [0.2, 0.25) is 0 Å². The van der Waals surface area contributed by atoms with Gasteiger partial charge in [-0.05, 0) is 74.5 Å². The van der Waals surface area contributed by atoms with Gasteiger partial charge in [0.1, 0.15) is 5.82 Å². The third-order valence-electron chi connectivity index (χ3n) is 8.52. The molecule has 190 valence electrons. The fourth-order valence-corrected chi connectivity index (χ4v) is 6.75. The topological polar surface area (TPSA) is 17.8 Å². The van der Waals surface area contributed by atoms with Gasteiger partial charge in [-0.1, -0.05) is 115 Å². The van der Waals surface area contributed by atoms with E-state index in [1.165, 1.54) is 66.0 Å². The second kappa shape index (κ2) is 8.51. The molecule has 41 heavy (non-hydrogen) atoms. The molecule has 0 saturated carbocycles. The predicted molar refractivity (Wildman–Crippen MR) is 171 cm³/mol. The second-order valence-corrected chi connectivity index (χ2v) is 10.8. The van der Waals surface area contributed by atoms with Gasteiger partial charge < -0.3 is 0 Å². The molecule has 8 aromatic rings. The summed E-state index contributed by atoms with van der Waals surface area (Å²) in [6.45, 7) is 0. The quantitative estimate of drug-likeness (QED) is 0.227. The number of aromatic nitrogens is 2. The van der Waals surface area contributed by atoms with Crippen molar-refractivity contribution in [2.45, 2.75) is 0 Å². The Kier molecular flexibility index (Phi) is 4.64. The van der Waals surface area contributed by atoms with Gasteiger partial charge >= 0.3 is 0 Å². The molecule has 0 bridgehead atoms. The lowest BCUT2D eigenvalue weighted by Crippen LogP contribution is -1.99. The van der Waals surface area contributed by atoms with Crippen molar-refractivity contribution in [2.75, 3.05) is 0 Å². The van der Waals surface area contributed by atoms with E-state index in [-0.39, 0.29) is 0 Å². The maximum absolute atomic E-state index is 5.25. The smallest absolute Gasteiger partial charge is 0.138 e. The summed E-state index contributed by atoms with van der Waals surface area (Å²) in [5.41, 5.74) is 11.9. The van der Waals surface area contributed by atoms with E-state index in [0.29, 0.717) is 0 Å². The van der Waals surface area contributed by atoms with Crippen LogP contribution in [-0.2, 0) is 0 Å². The number of hydrogen-bond acceptors (Lipinski definition) is 1. The van der Waals surface area contributed by atoms with Gasteiger partial charge in [-0.3, -0.25) is 4.57 Å². The van der Waals surface area contributed by atoms with Crippen LogP contribution < -0.4 is 0 Å². The van der Waals surface area contributed by atoms with E-state index < -0.39 is 0 Å². The van der Waals surface area contributed by atoms with Crippen molar-refractivity contribution in [2.24, 2.45) is 0 Å². The molecule has 0 unspecified atom stereocenters. The van der Waals surface area contributed by atoms with Crippen LogP contribution in [0.4, 0.5) is 0 Å². The van der Waals surface area contributed by atoms with Gasteiger partial charge in [-0.15, -0.1) is 0 Å². The fourth-order valence-electron chi connectivity index (χ4n) is 6.75. The Morgan fingerprint density at radius 3 is 1.88 bits per heavy atom. The number of rotatable bonds is 3. The molecule has 6 aromatic carbocycles. The monoisotopic (exact) mass is 520 g/mol. The normalized spacial score (nSPS) is 11.9. The van der Waals surface area contributed by atoms with E-state index in [4.69, 9.17) is 4.98 Å². The Labute approximate surface area is 237 Å². The van der Waals surface area contributed by atoms with Gasteiger partial charge in [-0.25, -0.2) is 4.98 Å². The number of nitrogens with zero attached hydrogens (tertiary/aromatic N) is 2. The Bertz CT molecular complexity index is 2290. The molecule has 2 nitrogen and oxygen atoms in total. The molecule has 1 aliphatic carbocycles. The molecule has 0 radical (unpaired) electrons. The van der Waals surface area contributed by atoms with Gasteiger partial charge in [0.05, 0.1) is 16.7 Å². The van der Waals surface area contributed by atoms with Gasteiger partial charge in [0.25, 0.3) is 0 Å². The zero-order valence-electron chi connectivity index (χ0n) is 22.3. The molecule has 9 rings (SSSR count). The zero-order chi connectivity index (χ0) is 26.9. The van der Waals surface area contributed by atoms with Crippen LogP contribution in [0.2, 0.25) is 0 Å². The van der Waals surface area contributed by atoms with Crippen LogP contribution in [0.25, 0.3) is 83.0 Å². The summed E-state index contributed by atoms with van der Waals surface area (Å²) in [4.78, 5) is 5.25. The average molecular weight is 521 g/mol. The molecule has 0 atom stereocenters. The van der Waals surface area contributed by atoms with E-state index in [1.54, 1.807) is 0 Å². The lowest BCUT2D eigenvalue weighted by molar-refractivity contribution is 1.08. The van der Waals surface area contributed by atoms with Crippen molar-refractivity contribution < 1.29 is 0 Å². The number of benzene rings is 6. The number of fused-ring (bicyclic) bond motifs is 3. The first-order valence-electron chi connectivity index (χ1n) is 14.1. The minimum Gasteiger partial charge on any atom is -0.294 e. The number of pyridine rings is 1. The lowest BCUT2D eigenvalue weighted by atomic mass is 9.92. The highest BCUT2D eigenvalue weighted by atomic mass is 15.1.